The first-order valence-electron chi connectivity index (χ1n) is 4.05. The van der Waals surface area contributed by atoms with E-state index in [1.165, 1.54) is 6.07 Å². The van der Waals surface area contributed by atoms with Crippen LogP contribution in [0.2, 0.25) is 0 Å². The van der Waals surface area contributed by atoms with E-state index in [2.05, 4.69) is 13.8 Å². The predicted molar refractivity (Wildman–Crippen MR) is 52.8 cm³/mol. The van der Waals surface area contributed by atoms with Crippen LogP contribution in [0.1, 0.15) is 24.2 Å². The quantitative estimate of drug-likeness (QED) is 0.548. The van der Waals surface area contributed by atoms with Gasteiger partial charge in [-0.1, -0.05) is 13.8 Å². The normalized spacial score (nSPS) is 10.5. The minimum absolute atomic E-state index is 0.130. The van der Waals surface area contributed by atoms with Crippen LogP contribution in [0.3, 0.4) is 0 Å². The van der Waals surface area contributed by atoms with Gasteiger partial charge in [-0.2, -0.15) is 0 Å². The van der Waals surface area contributed by atoms with Gasteiger partial charge >= 0.3 is 0 Å². The molecule has 0 spiro atoms. The van der Waals surface area contributed by atoms with E-state index in [-0.39, 0.29) is 5.56 Å². The molecule has 1 aromatic rings. The lowest BCUT2D eigenvalue weighted by Gasteiger charge is -2.05. The second-order valence-corrected chi connectivity index (χ2v) is 4.62. The van der Waals surface area contributed by atoms with Crippen molar-refractivity contribution < 1.29 is 9.18 Å². The van der Waals surface area contributed by atoms with Crippen molar-refractivity contribution in [2.45, 2.75) is 24.0 Å². The first-order chi connectivity index (χ1) is 6.13. The van der Waals surface area contributed by atoms with Crippen LogP contribution in [0, 0.1) is 5.82 Å². The van der Waals surface area contributed by atoms with Crippen LogP contribution in [0.4, 0.5) is 4.39 Å². The smallest absolute Gasteiger partial charge is 0.153 e. The second-order valence-electron chi connectivity index (χ2n) is 2.97. The highest BCUT2D eigenvalue weighted by molar-refractivity contribution is 7.99. The standard InChI is InChI=1S/C10H11FOS/c1-7(2)13-9-3-4-10(11)8(5-9)6-12/h3-7H,1-2H3. The van der Waals surface area contributed by atoms with E-state index in [0.717, 1.165) is 4.90 Å². The van der Waals surface area contributed by atoms with E-state index in [4.69, 9.17) is 0 Å². The fourth-order valence-corrected chi connectivity index (χ4v) is 1.84. The second kappa shape index (κ2) is 4.42. The largest absolute Gasteiger partial charge is 0.298 e. The molecule has 1 aromatic carbocycles. The van der Waals surface area contributed by atoms with Crippen LogP contribution in [-0.4, -0.2) is 11.5 Å². The van der Waals surface area contributed by atoms with Crippen molar-refractivity contribution in [3.05, 3.63) is 29.6 Å². The Labute approximate surface area is 81.3 Å². The third-order valence-electron chi connectivity index (χ3n) is 1.47. The number of benzene rings is 1. The summed E-state index contributed by atoms with van der Waals surface area (Å²) in [5, 5.41) is 0.435. The highest BCUT2D eigenvalue weighted by Gasteiger charge is 2.03. The molecule has 0 bridgehead atoms. The Hall–Kier alpha value is -0.830. The van der Waals surface area contributed by atoms with Crippen LogP contribution < -0.4 is 0 Å². The first-order valence-corrected chi connectivity index (χ1v) is 4.93. The number of hydrogen-bond donors (Lipinski definition) is 0. The average Bonchev–Trinajstić information content (AvgIpc) is 2.07. The molecule has 0 aliphatic rings. The van der Waals surface area contributed by atoms with Crippen molar-refractivity contribution in [1.29, 1.82) is 0 Å². The van der Waals surface area contributed by atoms with Gasteiger partial charge in [0, 0.05) is 10.1 Å². The summed E-state index contributed by atoms with van der Waals surface area (Å²) in [5.74, 6) is -0.455. The zero-order chi connectivity index (χ0) is 9.84. The molecule has 0 aromatic heterocycles. The monoisotopic (exact) mass is 198 g/mol. The van der Waals surface area contributed by atoms with E-state index in [1.54, 1.807) is 23.9 Å². The number of hydrogen-bond acceptors (Lipinski definition) is 2. The van der Waals surface area contributed by atoms with E-state index in [0.29, 0.717) is 11.5 Å². The molecule has 0 saturated carbocycles. The van der Waals surface area contributed by atoms with Gasteiger partial charge in [0.15, 0.2) is 6.29 Å². The third-order valence-corrected chi connectivity index (χ3v) is 2.46. The fraction of sp³-hybridized carbons (Fsp3) is 0.300. The molecule has 0 aliphatic carbocycles. The average molecular weight is 198 g/mol. The molecule has 0 saturated heterocycles. The summed E-state index contributed by atoms with van der Waals surface area (Å²) >= 11 is 1.61. The molecule has 3 heteroatoms. The van der Waals surface area contributed by atoms with Crippen LogP contribution in [0.15, 0.2) is 23.1 Å². The number of carbonyl (C=O) groups excluding carboxylic acids is 1. The van der Waals surface area contributed by atoms with Gasteiger partial charge in [0.1, 0.15) is 5.82 Å². The van der Waals surface area contributed by atoms with Crippen molar-refractivity contribution in [3.8, 4) is 0 Å². The number of thioether (sulfide) groups is 1. The summed E-state index contributed by atoms with van der Waals surface area (Å²) < 4.78 is 12.9. The molecule has 0 unspecified atom stereocenters. The van der Waals surface area contributed by atoms with E-state index in [1.807, 2.05) is 0 Å². The summed E-state index contributed by atoms with van der Waals surface area (Å²) in [7, 11) is 0. The minimum Gasteiger partial charge on any atom is -0.298 e. The maximum atomic E-state index is 12.9. The molecular formula is C10H11FOS. The molecule has 0 fully saturated rings. The molecule has 0 amide bonds. The van der Waals surface area contributed by atoms with Gasteiger partial charge in [0.2, 0.25) is 0 Å². The number of halogens is 1. The van der Waals surface area contributed by atoms with Gasteiger partial charge in [-0.05, 0) is 18.2 Å². The summed E-state index contributed by atoms with van der Waals surface area (Å²) in [6, 6.07) is 4.59. The topological polar surface area (TPSA) is 17.1 Å². The van der Waals surface area contributed by atoms with E-state index < -0.39 is 5.82 Å². The van der Waals surface area contributed by atoms with E-state index >= 15 is 0 Å². The summed E-state index contributed by atoms with van der Waals surface area (Å²) in [6.45, 7) is 4.10. The van der Waals surface area contributed by atoms with Gasteiger partial charge in [0.05, 0.1) is 5.56 Å². The Bertz CT molecular complexity index is 310. The minimum atomic E-state index is -0.455. The molecule has 70 valence electrons. The van der Waals surface area contributed by atoms with Crippen molar-refractivity contribution in [3.63, 3.8) is 0 Å². The van der Waals surface area contributed by atoms with Crippen LogP contribution in [0.5, 0.6) is 0 Å². The summed E-state index contributed by atoms with van der Waals surface area (Å²) in [4.78, 5) is 11.3. The Balaban J connectivity index is 2.92. The van der Waals surface area contributed by atoms with Gasteiger partial charge < -0.3 is 0 Å². The highest BCUT2D eigenvalue weighted by Crippen LogP contribution is 2.24. The Morgan fingerprint density at radius 1 is 1.46 bits per heavy atom. The highest BCUT2D eigenvalue weighted by atomic mass is 32.2. The maximum Gasteiger partial charge on any atom is 0.153 e. The van der Waals surface area contributed by atoms with Gasteiger partial charge in [-0.15, -0.1) is 11.8 Å². The Morgan fingerprint density at radius 2 is 2.15 bits per heavy atom. The van der Waals surface area contributed by atoms with Gasteiger partial charge in [-0.3, -0.25) is 4.79 Å². The van der Waals surface area contributed by atoms with E-state index in [9.17, 15) is 9.18 Å². The van der Waals surface area contributed by atoms with Crippen molar-refractivity contribution >= 4 is 18.0 Å². The first kappa shape index (κ1) is 10.3. The number of rotatable bonds is 3. The summed E-state index contributed by atoms with van der Waals surface area (Å²) in [5.41, 5.74) is 0.130. The van der Waals surface area contributed by atoms with Crippen molar-refractivity contribution in [1.82, 2.24) is 0 Å². The van der Waals surface area contributed by atoms with Crippen molar-refractivity contribution in [2.24, 2.45) is 0 Å². The van der Waals surface area contributed by atoms with Crippen LogP contribution in [-0.2, 0) is 0 Å². The number of carbonyl (C=O) groups is 1. The molecule has 1 rings (SSSR count). The summed E-state index contributed by atoms with van der Waals surface area (Å²) in [6.07, 6.45) is 0.541. The molecular weight excluding hydrogens is 187 g/mol. The molecule has 0 aliphatic heterocycles. The number of aldehydes is 1. The lowest BCUT2D eigenvalue weighted by atomic mass is 10.2. The van der Waals surface area contributed by atoms with Crippen LogP contribution in [0.25, 0.3) is 0 Å². The SMILES string of the molecule is CC(C)Sc1ccc(F)c(C=O)c1. The molecule has 0 heterocycles. The Kier molecular flexibility index (Phi) is 3.48. The fourth-order valence-electron chi connectivity index (χ4n) is 0.958. The van der Waals surface area contributed by atoms with Crippen LogP contribution >= 0.6 is 11.8 Å². The zero-order valence-electron chi connectivity index (χ0n) is 7.58. The van der Waals surface area contributed by atoms with Gasteiger partial charge in [0.25, 0.3) is 0 Å². The molecule has 0 radical (unpaired) electrons. The van der Waals surface area contributed by atoms with Crippen molar-refractivity contribution in [2.75, 3.05) is 0 Å². The molecule has 0 atom stereocenters. The third kappa shape index (κ3) is 2.84. The maximum absolute atomic E-state index is 12.9. The molecule has 13 heavy (non-hydrogen) atoms. The predicted octanol–water partition coefficient (Wildman–Crippen LogP) is 3.14. The van der Waals surface area contributed by atoms with Gasteiger partial charge in [-0.25, -0.2) is 4.39 Å². The molecule has 0 N–H and O–H groups in total. The zero-order valence-corrected chi connectivity index (χ0v) is 8.40. The lowest BCUT2D eigenvalue weighted by Crippen LogP contribution is -1.90. The Morgan fingerprint density at radius 3 is 2.69 bits per heavy atom. The lowest BCUT2D eigenvalue weighted by molar-refractivity contribution is 0.111. The molecule has 1 nitrogen and oxygen atoms in total.